The van der Waals surface area contributed by atoms with E-state index >= 15 is 0 Å². The molecule has 2 fully saturated rings. The van der Waals surface area contributed by atoms with Crippen LogP contribution in [0.3, 0.4) is 0 Å². The molecule has 0 unspecified atom stereocenters. The van der Waals surface area contributed by atoms with Gasteiger partial charge in [0.1, 0.15) is 11.6 Å². The van der Waals surface area contributed by atoms with E-state index in [1.807, 2.05) is 6.92 Å². The van der Waals surface area contributed by atoms with E-state index in [-0.39, 0.29) is 5.92 Å². The van der Waals surface area contributed by atoms with Crippen molar-refractivity contribution in [2.45, 2.75) is 52.9 Å². The van der Waals surface area contributed by atoms with E-state index < -0.39 is 0 Å². The molecule has 0 spiro atoms. The zero-order chi connectivity index (χ0) is 20.4. The first kappa shape index (κ1) is 19.9. The lowest BCUT2D eigenvalue weighted by molar-refractivity contribution is -0.138. The first-order valence-electron chi connectivity index (χ1n) is 11.0. The van der Waals surface area contributed by atoms with Crippen LogP contribution in [0.2, 0.25) is 0 Å². The molecule has 1 saturated heterocycles. The Morgan fingerprint density at radius 2 is 1.72 bits per heavy atom. The normalized spacial score (nSPS) is 17.3. The average molecular weight is 393 g/mol. The largest absolute Gasteiger partial charge is 0.353 e. The molecule has 0 radical (unpaired) electrons. The number of carbonyl (C=O) groups is 1. The molecule has 1 aliphatic carbocycles. The molecular formula is C24H32N4O. The van der Waals surface area contributed by atoms with Gasteiger partial charge in [-0.3, -0.25) is 4.79 Å². The lowest BCUT2D eigenvalue weighted by Crippen LogP contribution is -2.51. The van der Waals surface area contributed by atoms with Crippen LogP contribution >= 0.6 is 0 Å². The van der Waals surface area contributed by atoms with Crippen molar-refractivity contribution in [2.24, 2.45) is 5.92 Å². The van der Waals surface area contributed by atoms with Gasteiger partial charge in [-0.25, -0.2) is 9.97 Å². The minimum Gasteiger partial charge on any atom is -0.353 e. The smallest absolute Gasteiger partial charge is 0.225 e. The van der Waals surface area contributed by atoms with E-state index in [9.17, 15) is 4.79 Å². The fourth-order valence-corrected chi connectivity index (χ4v) is 4.33. The molecule has 0 N–H and O–H groups in total. The molecule has 0 atom stereocenters. The molecule has 0 bridgehead atoms. The Kier molecular flexibility index (Phi) is 5.84. The Hall–Kier alpha value is -2.43. The van der Waals surface area contributed by atoms with E-state index in [0.29, 0.717) is 5.91 Å². The molecule has 1 aliphatic heterocycles. The van der Waals surface area contributed by atoms with Crippen LogP contribution in [0.4, 0.5) is 5.82 Å². The molecule has 29 heavy (non-hydrogen) atoms. The van der Waals surface area contributed by atoms with Gasteiger partial charge in [0, 0.05) is 49.8 Å². The second-order valence-corrected chi connectivity index (χ2v) is 8.48. The third-order valence-electron chi connectivity index (χ3n) is 6.36. The van der Waals surface area contributed by atoms with Gasteiger partial charge in [0.15, 0.2) is 0 Å². The predicted octanol–water partition coefficient (Wildman–Crippen LogP) is 3.70. The van der Waals surface area contributed by atoms with E-state index in [4.69, 9.17) is 9.97 Å². The van der Waals surface area contributed by atoms with E-state index in [2.05, 4.69) is 47.9 Å². The molecule has 2 aromatic rings. The van der Waals surface area contributed by atoms with Crippen molar-refractivity contribution in [1.82, 2.24) is 14.9 Å². The predicted molar refractivity (Wildman–Crippen MR) is 116 cm³/mol. The highest BCUT2D eigenvalue weighted by Gasteiger charge is 2.32. The summed E-state index contributed by atoms with van der Waals surface area (Å²) in [5, 5.41) is 0. The molecule has 1 aromatic heterocycles. The summed E-state index contributed by atoms with van der Waals surface area (Å²) < 4.78 is 0. The van der Waals surface area contributed by atoms with Gasteiger partial charge in [0.25, 0.3) is 0 Å². The molecular weight excluding hydrogens is 360 g/mol. The lowest BCUT2D eigenvalue weighted by atomic mass is 9.84. The summed E-state index contributed by atoms with van der Waals surface area (Å²) in [6, 6.07) is 8.74. The first-order valence-corrected chi connectivity index (χ1v) is 11.0. The Morgan fingerprint density at radius 3 is 2.31 bits per heavy atom. The molecule has 1 saturated carbocycles. The molecule has 1 aromatic carbocycles. The van der Waals surface area contributed by atoms with Crippen LogP contribution in [0.5, 0.6) is 0 Å². The number of anilines is 1. The van der Waals surface area contributed by atoms with Gasteiger partial charge in [0.2, 0.25) is 5.91 Å². The standard InChI is InChI=1S/C24H32N4O/c1-4-22-21(16-19-10-8-17(2)9-11-19)23(26-18(3)25-22)27-12-14-28(15-13-27)24(29)20-6-5-7-20/h8-11,20H,4-7,12-16H2,1-3H3. The Bertz CT molecular complexity index is 865. The van der Waals surface area contributed by atoms with Crippen molar-refractivity contribution in [1.29, 1.82) is 0 Å². The topological polar surface area (TPSA) is 49.3 Å². The van der Waals surface area contributed by atoms with Crippen molar-refractivity contribution in [3.8, 4) is 0 Å². The van der Waals surface area contributed by atoms with Crippen LogP contribution in [-0.2, 0) is 17.6 Å². The molecule has 4 rings (SSSR count). The maximum Gasteiger partial charge on any atom is 0.225 e. The minimum atomic E-state index is 0.284. The molecule has 2 aliphatic rings. The highest BCUT2D eigenvalue weighted by molar-refractivity contribution is 5.80. The number of benzene rings is 1. The molecule has 1 amide bonds. The van der Waals surface area contributed by atoms with Crippen LogP contribution in [-0.4, -0.2) is 47.0 Å². The summed E-state index contributed by atoms with van der Waals surface area (Å²) in [4.78, 5) is 26.6. The number of hydrogen-bond acceptors (Lipinski definition) is 4. The summed E-state index contributed by atoms with van der Waals surface area (Å²) >= 11 is 0. The maximum atomic E-state index is 12.6. The molecule has 5 heteroatoms. The van der Waals surface area contributed by atoms with Crippen LogP contribution < -0.4 is 4.90 Å². The number of amides is 1. The summed E-state index contributed by atoms with van der Waals surface area (Å²) in [7, 11) is 0. The van der Waals surface area contributed by atoms with E-state index in [1.165, 1.54) is 23.1 Å². The highest BCUT2D eigenvalue weighted by Crippen LogP contribution is 2.30. The zero-order valence-corrected chi connectivity index (χ0v) is 17.9. The van der Waals surface area contributed by atoms with Gasteiger partial charge in [-0.15, -0.1) is 0 Å². The number of rotatable bonds is 5. The van der Waals surface area contributed by atoms with E-state index in [0.717, 1.165) is 69.2 Å². The summed E-state index contributed by atoms with van der Waals surface area (Å²) in [5.41, 5.74) is 4.94. The Labute approximate surface area is 174 Å². The van der Waals surface area contributed by atoms with Crippen LogP contribution in [0, 0.1) is 19.8 Å². The SMILES string of the molecule is CCc1nc(C)nc(N2CCN(C(=O)C3CCC3)CC2)c1Cc1ccc(C)cc1. The van der Waals surface area contributed by atoms with Gasteiger partial charge in [-0.2, -0.15) is 0 Å². The van der Waals surface area contributed by atoms with Crippen molar-refractivity contribution in [3.63, 3.8) is 0 Å². The van der Waals surface area contributed by atoms with Crippen LogP contribution in [0.15, 0.2) is 24.3 Å². The number of nitrogens with zero attached hydrogens (tertiary/aromatic N) is 4. The Morgan fingerprint density at radius 1 is 1.03 bits per heavy atom. The highest BCUT2D eigenvalue weighted by atomic mass is 16.2. The Balaban J connectivity index is 1.55. The summed E-state index contributed by atoms with van der Waals surface area (Å²) in [5.74, 6) is 2.54. The number of hydrogen-bond donors (Lipinski definition) is 0. The number of carbonyl (C=O) groups excluding carboxylic acids is 1. The minimum absolute atomic E-state index is 0.284. The fraction of sp³-hybridized carbons (Fsp3) is 0.542. The molecule has 2 heterocycles. The number of aromatic nitrogens is 2. The van der Waals surface area contributed by atoms with Gasteiger partial charge in [-0.05, 0) is 38.7 Å². The monoisotopic (exact) mass is 392 g/mol. The average Bonchev–Trinajstić information content (AvgIpc) is 2.69. The van der Waals surface area contributed by atoms with Crippen molar-refractivity contribution < 1.29 is 4.79 Å². The van der Waals surface area contributed by atoms with Gasteiger partial charge < -0.3 is 9.80 Å². The quantitative estimate of drug-likeness (QED) is 0.779. The van der Waals surface area contributed by atoms with Crippen molar-refractivity contribution in [3.05, 3.63) is 52.5 Å². The van der Waals surface area contributed by atoms with E-state index in [1.54, 1.807) is 0 Å². The summed E-state index contributed by atoms with van der Waals surface area (Å²) in [6.07, 6.45) is 5.10. The third-order valence-corrected chi connectivity index (χ3v) is 6.36. The van der Waals surface area contributed by atoms with Gasteiger partial charge in [0.05, 0.1) is 0 Å². The van der Waals surface area contributed by atoms with Crippen LogP contribution in [0.1, 0.15) is 54.4 Å². The van der Waals surface area contributed by atoms with Gasteiger partial charge >= 0.3 is 0 Å². The third kappa shape index (κ3) is 4.29. The maximum absolute atomic E-state index is 12.6. The van der Waals surface area contributed by atoms with Gasteiger partial charge in [-0.1, -0.05) is 43.2 Å². The number of piperazine rings is 1. The zero-order valence-electron chi connectivity index (χ0n) is 17.9. The lowest BCUT2D eigenvalue weighted by Gasteiger charge is -2.39. The van der Waals surface area contributed by atoms with Crippen molar-refractivity contribution in [2.75, 3.05) is 31.1 Å². The number of aryl methyl sites for hydroxylation is 3. The van der Waals surface area contributed by atoms with Crippen LogP contribution in [0.25, 0.3) is 0 Å². The van der Waals surface area contributed by atoms with Crippen molar-refractivity contribution >= 4 is 11.7 Å². The molecule has 154 valence electrons. The first-order chi connectivity index (χ1) is 14.0. The second kappa shape index (κ2) is 8.52. The second-order valence-electron chi connectivity index (χ2n) is 8.48. The summed E-state index contributed by atoms with van der Waals surface area (Å²) in [6.45, 7) is 9.55. The fourth-order valence-electron chi connectivity index (χ4n) is 4.33. The molecule has 5 nitrogen and oxygen atoms in total.